The van der Waals surface area contributed by atoms with E-state index in [9.17, 15) is 4.79 Å². The topological polar surface area (TPSA) is 46.1 Å². The molecule has 0 saturated carbocycles. The van der Waals surface area contributed by atoms with Crippen LogP contribution in [0.25, 0.3) is 11.1 Å². The van der Waals surface area contributed by atoms with Gasteiger partial charge in [-0.15, -0.1) is 0 Å². The molecule has 0 unspecified atom stereocenters. The van der Waals surface area contributed by atoms with E-state index in [0.29, 0.717) is 17.4 Å². The zero-order valence-corrected chi connectivity index (χ0v) is 14.9. The van der Waals surface area contributed by atoms with Crippen LogP contribution in [0.15, 0.2) is 67.1 Å². The number of hydrogen-bond acceptors (Lipinski definition) is 3. The number of carbonyl (C=O) groups is 1. The molecular weight excluding hydrogens is 346 g/mol. The second-order valence-electron chi connectivity index (χ2n) is 6.45. The van der Waals surface area contributed by atoms with Crippen molar-refractivity contribution in [2.45, 2.75) is 12.8 Å². The molecule has 1 atom stereocenters. The maximum atomic E-state index is 12.8. The largest absolute Gasteiger partial charge is 0.297 e. The number of halogens is 1. The maximum Gasteiger partial charge on any atom is 0.231 e. The molecule has 2 aromatic heterocycles. The van der Waals surface area contributed by atoms with Gasteiger partial charge in [-0.1, -0.05) is 23.7 Å². The van der Waals surface area contributed by atoms with Crippen LogP contribution in [-0.2, 0) is 11.2 Å². The van der Waals surface area contributed by atoms with Crippen LogP contribution in [0.2, 0.25) is 5.02 Å². The molecule has 1 amide bonds. The fourth-order valence-electron chi connectivity index (χ4n) is 3.32. The summed E-state index contributed by atoms with van der Waals surface area (Å²) in [6.07, 6.45) is 6.91. The zero-order valence-electron chi connectivity index (χ0n) is 14.2. The second kappa shape index (κ2) is 7.26. The molecule has 5 heteroatoms. The Bertz CT molecular complexity index is 895. The van der Waals surface area contributed by atoms with Crippen LogP contribution in [0, 0.1) is 5.92 Å². The molecule has 3 aromatic rings. The van der Waals surface area contributed by atoms with Crippen LogP contribution in [0.1, 0.15) is 12.0 Å². The molecule has 1 fully saturated rings. The van der Waals surface area contributed by atoms with Crippen molar-refractivity contribution in [3.05, 3.63) is 77.7 Å². The molecule has 26 heavy (non-hydrogen) atoms. The van der Waals surface area contributed by atoms with Crippen molar-refractivity contribution in [1.29, 1.82) is 0 Å². The molecule has 4 rings (SSSR count). The van der Waals surface area contributed by atoms with Gasteiger partial charge in [-0.25, -0.2) is 4.98 Å². The number of amides is 1. The van der Waals surface area contributed by atoms with Crippen molar-refractivity contribution in [3.63, 3.8) is 0 Å². The monoisotopic (exact) mass is 363 g/mol. The third kappa shape index (κ3) is 3.46. The first-order chi connectivity index (χ1) is 12.7. The fourth-order valence-corrected chi connectivity index (χ4v) is 3.45. The Labute approximate surface area is 157 Å². The number of carbonyl (C=O) groups excluding carboxylic acids is 1. The van der Waals surface area contributed by atoms with E-state index < -0.39 is 0 Å². The molecule has 1 aliphatic heterocycles. The third-order valence-corrected chi connectivity index (χ3v) is 5.00. The Kier molecular flexibility index (Phi) is 4.67. The fraction of sp³-hybridized carbons (Fsp3) is 0.190. The Morgan fingerprint density at radius 1 is 1.00 bits per heavy atom. The minimum atomic E-state index is -0.00199. The molecule has 0 spiro atoms. The van der Waals surface area contributed by atoms with Gasteiger partial charge in [0.15, 0.2) is 0 Å². The molecule has 1 aliphatic rings. The van der Waals surface area contributed by atoms with Crippen LogP contribution < -0.4 is 4.90 Å². The molecule has 130 valence electrons. The minimum Gasteiger partial charge on any atom is -0.297 e. The molecule has 0 aliphatic carbocycles. The average Bonchev–Trinajstić information content (AvgIpc) is 3.05. The van der Waals surface area contributed by atoms with Gasteiger partial charge in [0.1, 0.15) is 5.82 Å². The number of anilines is 1. The highest BCUT2D eigenvalue weighted by atomic mass is 35.5. The Morgan fingerprint density at radius 2 is 1.77 bits per heavy atom. The van der Waals surface area contributed by atoms with Gasteiger partial charge in [0, 0.05) is 41.6 Å². The minimum absolute atomic E-state index is 0.00199. The van der Waals surface area contributed by atoms with Gasteiger partial charge in [0.05, 0.1) is 0 Å². The highest BCUT2D eigenvalue weighted by Gasteiger charge is 2.33. The van der Waals surface area contributed by atoms with E-state index in [1.807, 2.05) is 54.7 Å². The SMILES string of the molecule is O=C1[C@H](Cc2ccc(Cl)cc2)CCN1c1ccc(-c2ccncc2)cn1. The lowest BCUT2D eigenvalue weighted by Gasteiger charge is -2.16. The van der Waals surface area contributed by atoms with Gasteiger partial charge in [-0.3, -0.25) is 14.7 Å². The molecule has 3 heterocycles. The van der Waals surface area contributed by atoms with Crippen molar-refractivity contribution < 1.29 is 4.79 Å². The summed E-state index contributed by atoms with van der Waals surface area (Å²) in [4.78, 5) is 23.1. The molecule has 4 nitrogen and oxygen atoms in total. The van der Waals surface area contributed by atoms with Crippen molar-refractivity contribution in [2.75, 3.05) is 11.4 Å². The average molecular weight is 364 g/mol. The molecule has 1 aromatic carbocycles. The normalized spacial score (nSPS) is 16.9. The summed E-state index contributed by atoms with van der Waals surface area (Å²) in [6.45, 7) is 0.707. The summed E-state index contributed by atoms with van der Waals surface area (Å²) >= 11 is 5.93. The second-order valence-corrected chi connectivity index (χ2v) is 6.88. The van der Waals surface area contributed by atoms with Crippen LogP contribution in [-0.4, -0.2) is 22.4 Å². The van der Waals surface area contributed by atoms with Crippen LogP contribution in [0.3, 0.4) is 0 Å². The summed E-state index contributed by atoms with van der Waals surface area (Å²) in [7, 11) is 0. The molecule has 0 bridgehead atoms. The standard InChI is InChI=1S/C21H18ClN3O/c22-19-4-1-15(2-5-19)13-17-9-12-25(21(17)26)20-6-3-18(14-24-20)16-7-10-23-11-8-16/h1-8,10-11,14,17H,9,12-13H2/t17-/m0/s1. The zero-order chi connectivity index (χ0) is 17.9. The van der Waals surface area contributed by atoms with E-state index in [4.69, 9.17) is 11.6 Å². The number of hydrogen-bond donors (Lipinski definition) is 0. The van der Waals surface area contributed by atoms with Gasteiger partial charge in [-0.2, -0.15) is 0 Å². The van der Waals surface area contributed by atoms with Crippen molar-refractivity contribution in [3.8, 4) is 11.1 Å². The summed E-state index contributed by atoms with van der Waals surface area (Å²) < 4.78 is 0. The highest BCUT2D eigenvalue weighted by molar-refractivity contribution is 6.30. The van der Waals surface area contributed by atoms with E-state index in [1.165, 1.54) is 0 Å². The maximum absolute atomic E-state index is 12.8. The van der Waals surface area contributed by atoms with E-state index in [0.717, 1.165) is 29.5 Å². The summed E-state index contributed by atoms with van der Waals surface area (Å²) in [5.74, 6) is 0.855. The number of aromatic nitrogens is 2. The lowest BCUT2D eigenvalue weighted by molar-refractivity contribution is -0.120. The first-order valence-corrected chi connectivity index (χ1v) is 9.01. The van der Waals surface area contributed by atoms with Gasteiger partial charge in [0.25, 0.3) is 0 Å². The first kappa shape index (κ1) is 16.7. The number of nitrogens with zero attached hydrogens (tertiary/aromatic N) is 3. The number of pyridine rings is 2. The first-order valence-electron chi connectivity index (χ1n) is 8.63. The van der Waals surface area contributed by atoms with Crippen LogP contribution in [0.5, 0.6) is 0 Å². The molecule has 0 N–H and O–H groups in total. The van der Waals surface area contributed by atoms with Crippen LogP contribution in [0.4, 0.5) is 5.82 Å². The van der Waals surface area contributed by atoms with E-state index in [1.54, 1.807) is 17.3 Å². The van der Waals surface area contributed by atoms with E-state index >= 15 is 0 Å². The van der Waals surface area contributed by atoms with Gasteiger partial charge in [0.2, 0.25) is 5.91 Å². The number of benzene rings is 1. The molecule has 1 saturated heterocycles. The Morgan fingerprint density at radius 3 is 2.46 bits per heavy atom. The van der Waals surface area contributed by atoms with Gasteiger partial charge in [-0.05, 0) is 60.4 Å². The Hall–Kier alpha value is -2.72. The van der Waals surface area contributed by atoms with Crippen molar-refractivity contribution in [2.24, 2.45) is 5.92 Å². The van der Waals surface area contributed by atoms with Crippen molar-refractivity contribution in [1.82, 2.24) is 9.97 Å². The van der Waals surface area contributed by atoms with E-state index in [2.05, 4.69) is 9.97 Å². The summed E-state index contributed by atoms with van der Waals surface area (Å²) in [5.41, 5.74) is 3.21. The number of rotatable bonds is 4. The molecular formula is C21H18ClN3O. The van der Waals surface area contributed by atoms with Crippen LogP contribution >= 0.6 is 11.6 Å². The predicted molar refractivity (Wildman–Crippen MR) is 103 cm³/mol. The smallest absolute Gasteiger partial charge is 0.231 e. The van der Waals surface area contributed by atoms with Gasteiger partial charge < -0.3 is 0 Å². The quantitative estimate of drug-likeness (QED) is 0.690. The third-order valence-electron chi connectivity index (χ3n) is 4.75. The molecule has 0 radical (unpaired) electrons. The Balaban J connectivity index is 1.47. The predicted octanol–water partition coefficient (Wildman–Crippen LogP) is 4.39. The summed E-state index contributed by atoms with van der Waals surface area (Å²) in [6, 6.07) is 15.5. The van der Waals surface area contributed by atoms with E-state index in [-0.39, 0.29) is 11.8 Å². The lowest BCUT2D eigenvalue weighted by atomic mass is 9.98. The van der Waals surface area contributed by atoms with Crippen molar-refractivity contribution >= 4 is 23.3 Å². The lowest BCUT2D eigenvalue weighted by Crippen LogP contribution is -2.28. The highest BCUT2D eigenvalue weighted by Crippen LogP contribution is 2.28. The summed E-state index contributed by atoms with van der Waals surface area (Å²) in [5, 5.41) is 0.714. The van der Waals surface area contributed by atoms with Gasteiger partial charge >= 0.3 is 0 Å².